The Balaban J connectivity index is 2.08. The first-order valence-electron chi connectivity index (χ1n) is 4.92. The standard InChI is InChI=1S/C11H14ClNO2/c1-15-11-3-2-9(12)4-8(11)5-13-6-10(14)7-13/h2-4,10,14H,5-7H2,1H3. The van der Waals surface area contributed by atoms with E-state index in [9.17, 15) is 5.11 Å². The van der Waals surface area contributed by atoms with E-state index in [-0.39, 0.29) is 6.10 Å². The lowest BCUT2D eigenvalue weighted by atomic mass is 10.1. The first-order chi connectivity index (χ1) is 7.19. The van der Waals surface area contributed by atoms with E-state index in [0.717, 1.165) is 30.9 Å². The van der Waals surface area contributed by atoms with Gasteiger partial charge in [-0.3, -0.25) is 4.90 Å². The molecule has 0 aromatic heterocycles. The summed E-state index contributed by atoms with van der Waals surface area (Å²) in [6.07, 6.45) is -0.171. The Morgan fingerprint density at radius 3 is 2.87 bits per heavy atom. The van der Waals surface area contributed by atoms with Crippen molar-refractivity contribution in [3.8, 4) is 5.75 Å². The van der Waals surface area contributed by atoms with Gasteiger partial charge >= 0.3 is 0 Å². The number of β-amino-alcohol motifs (C(OH)–C–C–N with tert-alkyl or cyclic N) is 1. The Labute approximate surface area is 94.2 Å². The maximum atomic E-state index is 9.18. The van der Waals surface area contributed by atoms with Crippen molar-refractivity contribution in [2.24, 2.45) is 0 Å². The molecule has 0 bridgehead atoms. The van der Waals surface area contributed by atoms with Crippen LogP contribution in [0, 0.1) is 0 Å². The fourth-order valence-electron chi connectivity index (χ4n) is 1.78. The predicted octanol–water partition coefficient (Wildman–Crippen LogP) is 1.53. The zero-order valence-electron chi connectivity index (χ0n) is 8.61. The number of methoxy groups -OCH3 is 1. The number of aliphatic hydroxyl groups excluding tert-OH is 1. The molecule has 0 radical (unpaired) electrons. The predicted molar refractivity (Wildman–Crippen MR) is 59.3 cm³/mol. The molecule has 82 valence electrons. The zero-order chi connectivity index (χ0) is 10.8. The summed E-state index contributed by atoms with van der Waals surface area (Å²) in [5, 5.41) is 9.89. The monoisotopic (exact) mass is 227 g/mol. The van der Waals surface area contributed by atoms with Gasteiger partial charge < -0.3 is 9.84 Å². The highest BCUT2D eigenvalue weighted by molar-refractivity contribution is 6.30. The topological polar surface area (TPSA) is 32.7 Å². The number of aliphatic hydroxyl groups is 1. The number of hydrogen-bond acceptors (Lipinski definition) is 3. The molecule has 1 aliphatic heterocycles. The van der Waals surface area contributed by atoms with Crippen LogP contribution in [0.4, 0.5) is 0 Å². The van der Waals surface area contributed by atoms with Gasteiger partial charge in [0.2, 0.25) is 0 Å². The Morgan fingerprint density at radius 2 is 2.27 bits per heavy atom. The van der Waals surface area contributed by atoms with Crippen LogP contribution in [0.1, 0.15) is 5.56 Å². The molecule has 4 heteroatoms. The average molecular weight is 228 g/mol. The fourth-order valence-corrected chi connectivity index (χ4v) is 1.98. The molecule has 0 spiro atoms. The lowest BCUT2D eigenvalue weighted by Crippen LogP contribution is -2.49. The summed E-state index contributed by atoms with van der Waals surface area (Å²) in [5.41, 5.74) is 1.07. The summed E-state index contributed by atoms with van der Waals surface area (Å²) in [5.74, 6) is 0.848. The Bertz CT molecular complexity index is 350. The lowest BCUT2D eigenvalue weighted by molar-refractivity contribution is -0.00321. The second-order valence-electron chi connectivity index (χ2n) is 3.80. The third-order valence-corrected chi connectivity index (χ3v) is 2.81. The second-order valence-corrected chi connectivity index (χ2v) is 4.24. The Hall–Kier alpha value is -0.770. The molecule has 1 aromatic carbocycles. The summed E-state index contributed by atoms with van der Waals surface area (Å²) >= 11 is 5.92. The fraction of sp³-hybridized carbons (Fsp3) is 0.455. The minimum Gasteiger partial charge on any atom is -0.496 e. The Morgan fingerprint density at radius 1 is 1.53 bits per heavy atom. The smallest absolute Gasteiger partial charge is 0.123 e. The highest BCUT2D eigenvalue weighted by atomic mass is 35.5. The normalized spacial score (nSPS) is 17.5. The van der Waals surface area contributed by atoms with Crippen LogP contribution in [-0.4, -0.2) is 36.3 Å². The van der Waals surface area contributed by atoms with Crippen LogP contribution in [0.5, 0.6) is 5.75 Å². The van der Waals surface area contributed by atoms with E-state index in [1.165, 1.54) is 0 Å². The highest BCUT2D eigenvalue weighted by Crippen LogP contribution is 2.25. The first kappa shape index (κ1) is 10.7. The second kappa shape index (κ2) is 4.39. The number of benzene rings is 1. The summed E-state index contributed by atoms with van der Waals surface area (Å²) in [7, 11) is 1.65. The van der Waals surface area contributed by atoms with E-state index < -0.39 is 0 Å². The van der Waals surface area contributed by atoms with Gasteiger partial charge in [0, 0.05) is 30.2 Å². The molecule has 1 saturated heterocycles. The third kappa shape index (κ3) is 2.43. The van der Waals surface area contributed by atoms with E-state index in [1.54, 1.807) is 7.11 Å². The molecule has 15 heavy (non-hydrogen) atoms. The van der Waals surface area contributed by atoms with Gasteiger partial charge in [0.05, 0.1) is 13.2 Å². The number of likely N-dealkylation sites (tertiary alicyclic amines) is 1. The molecule has 2 rings (SSSR count). The van der Waals surface area contributed by atoms with Crippen molar-refractivity contribution >= 4 is 11.6 Å². The van der Waals surface area contributed by atoms with E-state index >= 15 is 0 Å². The molecule has 0 amide bonds. The molecule has 1 fully saturated rings. The first-order valence-corrected chi connectivity index (χ1v) is 5.29. The van der Waals surface area contributed by atoms with Crippen molar-refractivity contribution < 1.29 is 9.84 Å². The molecule has 0 saturated carbocycles. The number of nitrogens with zero attached hydrogens (tertiary/aromatic N) is 1. The van der Waals surface area contributed by atoms with E-state index in [4.69, 9.17) is 16.3 Å². The molecular weight excluding hydrogens is 214 g/mol. The zero-order valence-corrected chi connectivity index (χ0v) is 9.37. The van der Waals surface area contributed by atoms with Crippen LogP contribution in [0.25, 0.3) is 0 Å². The van der Waals surface area contributed by atoms with Crippen LogP contribution in [-0.2, 0) is 6.54 Å². The molecule has 3 nitrogen and oxygen atoms in total. The SMILES string of the molecule is COc1ccc(Cl)cc1CN1CC(O)C1. The van der Waals surface area contributed by atoms with Crippen molar-refractivity contribution in [1.82, 2.24) is 4.90 Å². The van der Waals surface area contributed by atoms with Crippen molar-refractivity contribution in [3.05, 3.63) is 28.8 Å². The van der Waals surface area contributed by atoms with Crippen molar-refractivity contribution in [2.75, 3.05) is 20.2 Å². The van der Waals surface area contributed by atoms with Gasteiger partial charge in [-0.15, -0.1) is 0 Å². The van der Waals surface area contributed by atoms with Gasteiger partial charge in [0.1, 0.15) is 5.75 Å². The molecule has 1 aromatic rings. The van der Waals surface area contributed by atoms with Crippen LogP contribution < -0.4 is 4.74 Å². The van der Waals surface area contributed by atoms with Gasteiger partial charge in [-0.2, -0.15) is 0 Å². The maximum absolute atomic E-state index is 9.18. The van der Waals surface area contributed by atoms with Crippen molar-refractivity contribution in [2.45, 2.75) is 12.6 Å². The summed E-state index contributed by atoms with van der Waals surface area (Å²) < 4.78 is 5.25. The van der Waals surface area contributed by atoms with E-state index in [1.807, 2.05) is 18.2 Å². The van der Waals surface area contributed by atoms with Gasteiger partial charge in [-0.25, -0.2) is 0 Å². The molecular formula is C11H14ClNO2. The largest absolute Gasteiger partial charge is 0.496 e. The molecule has 0 atom stereocenters. The van der Waals surface area contributed by atoms with E-state index in [2.05, 4.69) is 4.90 Å². The number of hydrogen-bond donors (Lipinski definition) is 1. The van der Waals surface area contributed by atoms with Crippen molar-refractivity contribution in [1.29, 1.82) is 0 Å². The Kier molecular flexibility index (Phi) is 3.14. The summed E-state index contributed by atoms with van der Waals surface area (Å²) in [4.78, 5) is 2.15. The van der Waals surface area contributed by atoms with Crippen LogP contribution in [0.15, 0.2) is 18.2 Å². The molecule has 0 unspecified atom stereocenters. The van der Waals surface area contributed by atoms with Gasteiger partial charge in [0.25, 0.3) is 0 Å². The number of halogens is 1. The quantitative estimate of drug-likeness (QED) is 0.850. The van der Waals surface area contributed by atoms with Crippen LogP contribution >= 0.6 is 11.6 Å². The van der Waals surface area contributed by atoms with Gasteiger partial charge in [-0.1, -0.05) is 11.6 Å². The number of rotatable bonds is 3. The van der Waals surface area contributed by atoms with Gasteiger partial charge in [-0.05, 0) is 18.2 Å². The average Bonchev–Trinajstić information content (AvgIpc) is 2.16. The lowest BCUT2D eigenvalue weighted by Gasteiger charge is -2.36. The van der Waals surface area contributed by atoms with Gasteiger partial charge in [0.15, 0.2) is 0 Å². The molecule has 1 aliphatic rings. The molecule has 1 N–H and O–H groups in total. The minimum atomic E-state index is -0.171. The minimum absolute atomic E-state index is 0.171. The molecule has 1 heterocycles. The summed E-state index contributed by atoms with van der Waals surface area (Å²) in [6, 6.07) is 5.59. The highest BCUT2D eigenvalue weighted by Gasteiger charge is 2.24. The van der Waals surface area contributed by atoms with Crippen molar-refractivity contribution in [3.63, 3.8) is 0 Å². The van der Waals surface area contributed by atoms with Crippen LogP contribution in [0.3, 0.4) is 0 Å². The number of ether oxygens (including phenoxy) is 1. The third-order valence-electron chi connectivity index (χ3n) is 2.57. The summed E-state index contributed by atoms with van der Waals surface area (Å²) in [6.45, 7) is 2.24. The van der Waals surface area contributed by atoms with E-state index in [0.29, 0.717) is 5.02 Å². The maximum Gasteiger partial charge on any atom is 0.123 e. The molecule has 0 aliphatic carbocycles. The van der Waals surface area contributed by atoms with Crippen LogP contribution in [0.2, 0.25) is 5.02 Å².